The summed E-state index contributed by atoms with van der Waals surface area (Å²) in [5.41, 5.74) is 3.88. The van der Waals surface area contributed by atoms with E-state index < -0.39 is 0 Å². The molecular weight excluding hydrogens is 232 g/mol. The zero-order valence-corrected chi connectivity index (χ0v) is 11.2. The fourth-order valence-electron chi connectivity index (χ4n) is 1.49. The number of nitriles is 2. The average Bonchev–Trinajstić information content (AvgIpc) is 2.48. The largest absolute Gasteiger partial charge is 0.192 e. The SMILES string of the molecule is CCc1cccc(C#N)c1.Cc1ccc(C#N)cc1. The molecule has 94 valence electrons. The Bertz CT molecular complexity index is 598. The van der Waals surface area contributed by atoms with E-state index in [2.05, 4.69) is 19.1 Å². The van der Waals surface area contributed by atoms with Gasteiger partial charge in [-0.3, -0.25) is 0 Å². The molecular formula is C17H16N2. The Morgan fingerprint density at radius 1 is 0.895 bits per heavy atom. The average molecular weight is 248 g/mol. The number of rotatable bonds is 1. The number of benzene rings is 2. The molecule has 2 aromatic carbocycles. The van der Waals surface area contributed by atoms with Crippen molar-refractivity contribution >= 4 is 0 Å². The van der Waals surface area contributed by atoms with E-state index in [1.165, 1.54) is 11.1 Å². The van der Waals surface area contributed by atoms with Gasteiger partial charge in [-0.1, -0.05) is 36.8 Å². The fraction of sp³-hybridized carbons (Fsp3) is 0.176. The van der Waals surface area contributed by atoms with E-state index in [1.54, 1.807) is 0 Å². The standard InChI is InChI=1S/C9H9N.C8H7N/c1-2-8-4-3-5-9(6-8)7-10;1-7-2-4-8(6-9)5-3-7/h3-6H,2H2,1H3;2-5H,1H3. The van der Waals surface area contributed by atoms with E-state index >= 15 is 0 Å². The zero-order chi connectivity index (χ0) is 14.1. The first kappa shape index (κ1) is 14.5. The predicted molar refractivity (Wildman–Crippen MR) is 76.4 cm³/mol. The van der Waals surface area contributed by atoms with Gasteiger partial charge in [0.05, 0.1) is 23.3 Å². The van der Waals surface area contributed by atoms with Crippen LogP contribution in [0.5, 0.6) is 0 Å². The molecule has 0 atom stereocenters. The van der Waals surface area contributed by atoms with Crippen molar-refractivity contribution in [2.75, 3.05) is 0 Å². The smallest absolute Gasteiger partial charge is 0.0991 e. The Balaban J connectivity index is 0.000000191. The summed E-state index contributed by atoms with van der Waals surface area (Å²) in [6, 6.07) is 19.3. The molecule has 0 fully saturated rings. The lowest BCUT2D eigenvalue weighted by Gasteiger charge is -1.93. The van der Waals surface area contributed by atoms with Crippen LogP contribution in [0.1, 0.15) is 29.2 Å². The van der Waals surface area contributed by atoms with E-state index in [1.807, 2.05) is 55.5 Å². The van der Waals surface area contributed by atoms with E-state index in [4.69, 9.17) is 10.5 Å². The molecule has 0 spiro atoms. The lowest BCUT2D eigenvalue weighted by Crippen LogP contribution is -1.80. The van der Waals surface area contributed by atoms with E-state index in [9.17, 15) is 0 Å². The van der Waals surface area contributed by atoms with Gasteiger partial charge in [-0.2, -0.15) is 10.5 Å². The van der Waals surface area contributed by atoms with Crippen LogP contribution in [0.25, 0.3) is 0 Å². The van der Waals surface area contributed by atoms with E-state index in [0.29, 0.717) is 0 Å². The molecule has 0 radical (unpaired) electrons. The summed E-state index contributed by atoms with van der Waals surface area (Å²) in [5.74, 6) is 0. The van der Waals surface area contributed by atoms with Gasteiger partial charge in [-0.15, -0.1) is 0 Å². The quantitative estimate of drug-likeness (QED) is 0.766. The second-order valence-corrected chi connectivity index (χ2v) is 4.14. The third-order valence-electron chi connectivity index (χ3n) is 2.64. The molecule has 0 aliphatic rings. The predicted octanol–water partition coefficient (Wildman–Crippen LogP) is 3.99. The second-order valence-electron chi connectivity index (χ2n) is 4.14. The molecule has 0 saturated carbocycles. The molecule has 0 aromatic heterocycles. The fourth-order valence-corrected chi connectivity index (χ4v) is 1.49. The van der Waals surface area contributed by atoms with Crippen molar-refractivity contribution < 1.29 is 0 Å². The number of hydrogen-bond donors (Lipinski definition) is 0. The number of nitrogens with zero attached hydrogens (tertiary/aromatic N) is 2. The minimum absolute atomic E-state index is 0.723. The van der Waals surface area contributed by atoms with Gasteiger partial charge in [0.15, 0.2) is 0 Å². The molecule has 2 rings (SSSR count). The summed E-state index contributed by atoms with van der Waals surface area (Å²) in [6.07, 6.45) is 0.996. The van der Waals surface area contributed by atoms with Crippen LogP contribution in [0.2, 0.25) is 0 Å². The van der Waals surface area contributed by atoms with Crippen molar-refractivity contribution in [3.63, 3.8) is 0 Å². The summed E-state index contributed by atoms with van der Waals surface area (Å²) in [5, 5.41) is 16.9. The molecule has 0 amide bonds. The summed E-state index contributed by atoms with van der Waals surface area (Å²) in [7, 11) is 0. The maximum absolute atomic E-state index is 8.51. The van der Waals surface area contributed by atoms with Gasteiger partial charge in [0.1, 0.15) is 0 Å². The molecule has 0 N–H and O–H groups in total. The Hall–Kier alpha value is -2.58. The number of hydrogen-bond acceptors (Lipinski definition) is 2. The van der Waals surface area contributed by atoms with Gasteiger partial charge in [0, 0.05) is 0 Å². The van der Waals surface area contributed by atoms with Crippen LogP contribution >= 0.6 is 0 Å². The lowest BCUT2D eigenvalue weighted by atomic mass is 10.1. The first-order valence-corrected chi connectivity index (χ1v) is 6.15. The Morgan fingerprint density at radius 3 is 2.05 bits per heavy atom. The summed E-state index contributed by atoms with van der Waals surface area (Å²) >= 11 is 0. The molecule has 2 heteroatoms. The van der Waals surface area contributed by atoms with Crippen molar-refractivity contribution in [3.05, 3.63) is 70.8 Å². The zero-order valence-electron chi connectivity index (χ0n) is 11.2. The van der Waals surface area contributed by atoms with Crippen molar-refractivity contribution in [2.45, 2.75) is 20.3 Å². The molecule has 2 nitrogen and oxygen atoms in total. The van der Waals surface area contributed by atoms with Crippen LogP contribution in [0, 0.1) is 29.6 Å². The molecule has 0 heterocycles. The highest BCUT2D eigenvalue weighted by Crippen LogP contribution is 2.03. The molecule has 19 heavy (non-hydrogen) atoms. The highest BCUT2D eigenvalue weighted by atomic mass is 14.2. The van der Waals surface area contributed by atoms with Crippen molar-refractivity contribution in [3.8, 4) is 12.1 Å². The van der Waals surface area contributed by atoms with Gasteiger partial charge >= 0.3 is 0 Å². The minimum Gasteiger partial charge on any atom is -0.192 e. The molecule has 0 unspecified atom stereocenters. The third kappa shape index (κ3) is 5.06. The van der Waals surface area contributed by atoms with Gasteiger partial charge in [0.25, 0.3) is 0 Å². The Morgan fingerprint density at radius 2 is 1.53 bits per heavy atom. The highest BCUT2D eigenvalue weighted by Gasteiger charge is 1.89. The lowest BCUT2D eigenvalue weighted by molar-refractivity contribution is 1.14. The van der Waals surface area contributed by atoms with Crippen molar-refractivity contribution in [2.24, 2.45) is 0 Å². The third-order valence-corrected chi connectivity index (χ3v) is 2.64. The second kappa shape index (κ2) is 7.69. The van der Waals surface area contributed by atoms with Crippen molar-refractivity contribution in [1.82, 2.24) is 0 Å². The molecule has 0 aliphatic heterocycles. The molecule has 2 aromatic rings. The van der Waals surface area contributed by atoms with Crippen LogP contribution < -0.4 is 0 Å². The van der Waals surface area contributed by atoms with Crippen LogP contribution in [-0.4, -0.2) is 0 Å². The summed E-state index contributed by atoms with van der Waals surface area (Å²) in [4.78, 5) is 0. The topological polar surface area (TPSA) is 47.6 Å². The maximum Gasteiger partial charge on any atom is 0.0991 e. The maximum atomic E-state index is 8.51. The first-order chi connectivity index (χ1) is 9.19. The first-order valence-electron chi connectivity index (χ1n) is 6.15. The summed E-state index contributed by atoms with van der Waals surface area (Å²) in [6.45, 7) is 4.08. The van der Waals surface area contributed by atoms with Crippen molar-refractivity contribution in [1.29, 1.82) is 10.5 Å². The Kier molecular flexibility index (Phi) is 5.86. The van der Waals surface area contributed by atoms with Crippen LogP contribution in [-0.2, 0) is 6.42 Å². The monoisotopic (exact) mass is 248 g/mol. The Labute approximate surface area is 114 Å². The van der Waals surface area contributed by atoms with Gasteiger partial charge in [-0.25, -0.2) is 0 Å². The minimum atomic E-state index is 0.723. The number of aryl methyl sites for hydroxylation is 2. The van der Waals surface area contributed by atoms with Gasteiger partial charge < -0.3 is 0 Å². The van der Waals surface area contributed by atoms with E-state index in [0.717, 1.165) is 17.5 Å². The molecule has 0 saturated heterocycles. The van der Waals surface area contributed by atoms with Gasteiger partial charge in [0.2, 0.25) is 0 Å². The van der Waals surface area contributed by atoms with Crippen LogP contribution in [0.4, 0.5) is 0 Å². The van der Waals surface area contributed by atoms with Gasteiger partial charge in [-0.05, 0) is 43.2 Å². The normalized spacial score (nSPS) is 8.63. The van der Waals surface area contributed by atoms with Crippen LogP contribution in [0.3, 0.4) is 0 Å². The summed E-state index contributed by atoms with van der Waals surface area (Å²) < 4.78 is 0. The highest BCUT2D eigenvalue weighted by molar-refractivity contribution is 5.32. The molecule has 0 aliphatic carbocycles. The van der Waals surface area contributed by atoms with Crippen LogP contribution in [0.15, 0.2) is 48.5 Å². The molecule has 0 bridgehead atoms. The van der Waals surface area contributed by atoms with E-state index in [-0.39, 0.29) is 0 Å².